The monoisotopic (exact) mass is 436 g/mol. The molecule has 0 fully saturated rings. The molecule has 0 aliphatic rings. The summed E-state index contributed by atoms with van der Waals surface area (Å²) in [7, 11) is -4.42. The largest absolute Gasteiger partial charge is 0.298 e. The zero-order valence-electron chi connectivity index (χ0n) is 15.0. The van der Waals surface area contributed by atoms with Crippen molar-refractivity contribution < 1.29 is 17.8 Å². The van der Waals surface area contributed by atoms with Crippen molar-refractivity contribution in [3.63, 3.8) is 0 Å². The number of benzene rings is 2. The second kappa shape index (κ2) is 8.00. The van der Waals surface area contributed by atoms with Crippen LogP contribution in [-0.2, 0) is 10.1 Å². The van der Waals surface area contributed by atoms with E-state index in [0.29, 0.717) is 27.2 Å². The first-order valence-electron chi connectivity index (χ1n) is 8.29. The average Bonchev–Trinajstić information content (AvgIpc) is 3.09. The molecule has 1 amide bonds. The van der Waals surface area contributed by atoms with Gasteiger partial charge in [-0.3, -0.25) is 14.7 Å². The third-order valence-electron chi connectivity index (χ3n) is 3.99. The van der Waals surface area contributed by atoms with Crippen molar-refractivity contribution in [2.45, 2.75) is 24.7 Å². The van der Waals surface area contributed by atoms with Gasteiger partial charge in [0.25, 0.3) is 16.0 Å². The van der Waals surface area contributed by atoms with E-state index in [0.717, 1.165) is 4.88 Å². The summed E-state index contributed by atoms with van der Waals surface area (Å²) in [4.78, 5) is 17.4. The molecule has 0 unspecified atom stereocenters. The summed E-state index contributed by atoms with van der Waals surface area (Å²) < 4.78 is 32.6. The molecule has 2 N–H and O–H groups in total. The van der Waals surface area contributed by atoms with Crippen LogP contribution in [0.3, 0.4) is 0 Å². The molecule has 0 radical (unpaired) electrons. The topological polar surface area (TPSA) is 96.4 Å². The number of thiazole rings is 1. The Kier molecular flexibility index (Phi) is 5.85. The van der Waals surface area contributed by atoms with Crippen molar-refractivity contribution in [2.24, 2.45) is 0 Å². The number of carbonyl (C=O) groups is 1. The number of nitrogens with one attached hydrogen (secondary N) is 1. The lowest BCUT2D eigenvalue weighted by molar-refractivity contribution is 0.102. The molecule has 1 heterocycles. The number of amides is 1. The van der Waals surface area contributed by atoms with Crippen LogP contribution in [-0.4, -0.2) is 23.9 Å². The Morgan fingerprint density at radius 3 is 2.43 bits per heavy atom. The maximum Gasteiger partial charge on any atom is 0.295 e. The van der Waals surface area contributed by atoms with E-state index < -0.39 is 10.1 Å². The van der Waals surface area contributed by atoms with Crippen molar-refractivity contribution in [3.05, 3.63) is 64.1 Å². The van der Waals surface area contributed by atoms with Crippen LogP contribution in [0, 0.1) is 0 Å². The van der Waals surface area contributed by atoms with Crippen LogP contribution in [0.5, 0.6) is 0 Å². The van der Waals surface area contributed by atoms with Crippen LogP contribution in [0.25, 0.3) is 11.1 Å². The second-order valence-electron chi connectivity index (χ2n) is 6.37. The van der Waals surface area contributed by atoms with E-state index in [1.165, 1.54) is 29.5 Å². The Labute approximate surface area is 172 Å². The number of nitrogens with zero attached hydrogens (tertiary/aromatic N) is 1. The molecule has 28 heavy (non-hydrogen) atoms. The molecule has 9 heteroatoms. The van der Waals surface area contributed by atoms with Gasteiger partial charge in [0.05, 0.1) is 0 Å². The summed E-state index contributed by atoms with van der Waals surface area (Å²) in [6, 6.07) is 10.4. The predicted octanol–water partition coefficient (Wildman–Crippen LogP) is 5.09. The van der Waals surface area contributed by atoms with E-state index >= 15 is 0 Å². The van der Waals surface area contributed by atoms with E-state index in [1.807, 2.05) is 0 Å². The fourth-order valence-corrected chi connectivity index (χ4v) is 4.21. The van der Waals surface area contributed by atoms with Gasteiger partial charge in [0.2, 0.25) is 0 Å². The van der Waals surface area contributed by atoms with Gasteiger partial charge in [-0.25, -0.2) is 4.98 Å². The zero-order chi connectivity index (χ0) is 20.5. The molecule has 6 nitrogen and oxygen atoms in total. The molecule has 0 spiro atoms. The first-order valence-corrected chi connectivity index (χ1v) is 10.9. The number of carbonyl (C=O) groups excluding carboxylic acids is 1. The Bertz CT molecular complexity index is 1120. The van der Waals surface area contributed by atoms with Crippen LogP contribution in [0.4, 0.5) is 5.13 Å². The lowest BCUT2D eigenvalue weighted by Gasteiger charge is -2.09. The standard InChI is InChI=1S/C19H17ClN2O4S2/c1-11(2)16-10-21-19(27-16)22-18(23)13-5-3-12(4-6-13)15-9-14(20)7-8-17(15)28(24,25)26/h3-11H,1-2H3,(H,21,22,23)(H,24,25,26). The number of hydrogen-bond donors (Lipinski definition) is 2. The van der Waals surface area contributed by atoms with Crippen LogP contribution < -0.4 is 5.32 Å². The van der Waals surface area contributed by atoms with Gasteiger partial charge >= 0.3 is 0 Å². The first-order chi connectivity index (χ1) is 13.1. The number of aromatic nitrogens is 1. The number of rotatable bonds is 5. The Morgan fingerprint density at radius 1 is 1.18 bits per heavy atom. The highest BCUT2D eigenvalue weighted by Gasteiger charge is 2.18. The maximum absolute atomic E-state index is 12.4. The van der Waals surface area contributed by atoms with E-state index in [-0.39, 0.29) is 16.4 Å². The quantitative estimate of drug-likeness (QED) is 0.543. The molecule has 0 saturated heterocycles. The van der Waals surface area contributed by atoms with E-state index in [4.69, 9.17) is 11.6 Å². The first kappa shape index (κ1) is 20.5. The molecule has 0 bridgehead atoms. The molecule has 0 aliphatic carbocycles. The van der Waals surface area contributed by atoms with E-state index in [2.05, 4.69) is 24.1 Å². The Balaban J connectivity index is 1.86. The van der Waals surface area contributed by atoms with Crippen LogP contribution in [0.1, 0.15) is 35.0 Å². The van der Waals surface area contributed by atoms with Gasteiger partial charge in [-0.1, -0.05) is 37.6 Å². The van der Waals surface area contributed by atoms with Crippen molar-refractivity contribution in [1.82, 2.24) is 4.98 Å². The van der Waals surface area contributed by atoms with Crippen LogP contribution >= 0.6 is 22.9 Å². The highest BCUT2D eigenvalue weighted by molar-refractivity contribution is 7.86. The van der Waals surface area contributed by atoms with Gasteiger partial charge in [-0.05, 0) is 41.8 Å². The summed E-state index contributed by atoms with van der Waals surface area (Å²) in [6.07, 6.45) is 1.74. The van der Waals surface area contributed by atoms with Gasteiger partial charge < -0.3 is 0 Å². The fourth-order valence-electron chi connectivity index (χ4n) is 2.53. The summed E-state index contributed by atoms with van der Waals surface area (Å²) >= 11 is 7.38. The van der Waals surface area contributed by atoms with Crippen molar-refractivity contribution >= 4 is 44.1 Å². The average molecular weight is 437 g/mol. The molecule has 0 atom stereocenters. The lowest BCUT2D eigenvalue weighted by atomic mass is 10.0. The molecular weight excluding hydrogens is 420 g/mol. The van der Waals surface area contributed by atoms with Crippen LogP contribution in [0.15, 0.2) is 53.6 Å². The highest BCUT2D eigenvalue weighted by atomic mass is 35.5. The molecule has 146 valence electrons. The number of anilines is 1. The molecule has 0 aliphatic heterocycles. The Morgan fingerprint density at radius 2 is 1.86 bits per heavy atom. The molecule has 2 aromatic carbocycles. The smallest absolute Gasteiger partial charge is 0.295 e. The third kappa shape index (κ3) is 4.59. The zero-order valence-corrected chi connectivity index (χ0v) is 17.4. The number of hydrogen-bond acceptors (Lipinski definition) is 5. The van der Waals surface area contributed by atoms with Crippen molar-refractivity contribution in [1.29, 1.82) is 0 Å². The summed E-state index contributed by atoms with van der Waals surface area (Å²) in [5.41, 5.74) is 1.15. The maximum atomic E-state index is 12.4. The molecule has 1 aromatic heterocycles. The van der Waals surface area contributed by atoms with Crippen molar-refractivity contribution in [3.8, 4) is 11.1 Å². The minimum atomic E-state index is -4.42. The lowest BCUT2D eigenvalue weighted by Crippen LogP contribution is -2.11. The van der Waals surface area contributed by atoms with E-state index in [9.17, 15) is 17.8 Å². The highest BCUT2D eigenvalue weighted by Crippen LogP contribution is 2.31. The van der Waals surface area contributed by atoms with Crippen molar-refractivity contribution in [2.75, 3.05) is 5.32 Å². The SMILES string of the molecule is CC(C)c1cnc(NC(=O)c2ccc(-c3cc(Cl)ccc3S(=O)(=O)O)cc2)s1. The molecule has 3 rings (SSSR count). The minimum Gasteiger partial charge on any atom is -0.298 e. The van der Waals surface area contributed by atoms with Gasteiger partial charge in [0, 0.05) is 27.2 Å². The summed E-state index contributed by atoms with van der Waals surface area (Å²) in [5.74, 6) is 0.00874. The Hall–Kier alpha value is -2.26. The van der Waals surface area contributed by atoms with Gasteiger partial charge in [-0.15, -0.1) is 11.3 Å². The molecule has 3 aromatic rings. The second-order valence-corrected chi connectivity index (χ2v) is 9.26. The normalized spacial score (nSPS) is 11.6. The predicted molar refractivity (Wildman–Crippen MR) is 111 cm³/mol. The summed E-state index contributed by atoms with van der Waals surface area (Å²) in [6.45, 7) is 4.10. The third-order valence-corrected chi connectivity index (χ3v) is 6.35. The summed E-state index contributed by atoms with van der Waals surface area (Å²) in [5, 5.41) is 3.59. The molecular formula is C19H17ClN2O4S2. The van der Waals surface area contributed by atoms with Crippen LogP contribution in [0.2, 0.25) is 5.02 Å². The number of halogens is 1. The fraction of sp³-hybridized carbons (Fsp3) is 0.158. The minimum absolute atomic E-state index is 0.252. The van der Waals surface area contributed by atoms with Gasteiger partial charge in [-0.2, -0.15) is 8.42 Å². The molecule has 0 saturated carbocycles. The van der Waals surface area contributed by atoms with Gasteiger partial charge in [0.15, 0.2) is 5.13 Å². The van der Waals surface area contributed by atoms with Gasteiger partial charge in [0.1, 0.15) is 4.90 Å². The van der Waals surface area contributed by atoms with E-state index in [1.54, 1.807) is 30.5 Å².